The zero-order valence-electron chi connectivity index (χ0n) is 15.2. The molecule has 1 aliphatic rings. The second-order valence-corrected chi connectivity index (χ2v) is 7.56. The van der Waals surface area contributed by atoms with Gasteiger partial charge in [0.2, 0.25) is 0 Å². The van der Waals surface area contributed by atoms with Crippen molar-refractivity contribution in [3.05, 3.63) is 51.7 Å². The van der Waals surface area contributed by atoms with Gasteiger partial charge in [0, 0.05) is 32.7 Å². The molecule has 0 spiro atoms. The van der Waals surface area contributed by atoms with Crippen molar-refractivity contribution in [2.75, 3.05) is 26.2 Å². The molecule has 28 heavy (non-hydrogen) atoms. The van der Waals surface area contributed by atoms with Crippen LogP contribution in [0.1, 0.15) is 31.8 Å². The van der Waals surface area contributed by atoms with Gasteiger partial charge in [-0.25, -0.2) is 0 Å². The largest absolute Gasteiger partial charge is 0.573 e. The van der Waals surface area contributed by atoms with Crippen LogP contribution in [0.5, 0.6) is 5.75 Å². The Morgan fingerprint density at radius 1 is 1.00 bits per heavy atom. The second kappa shape index (κ2) is 8.32. The number of amides is 1. The summed E-state index contributed by atoms with van der Waals surface area (Å²) < 4.78 is 40.5. The van der Waals surface area contributed by atoms with Crippen LogP contribution in [0.25, 0.3) is 0 Å². The Morgan fingerprint density at radius 3 is 2.14 bits per heavy atom. The van der Waals surface area contributed by atoms with Gasteiger partial charge in [-0.3, -0.25) is 14.5 Å². The average molecular weight is 412 g/mol. The lowest BCUT2D eigenvalue weighted by Gasteiger charge is -2.34. The van der Waals surface area contributed by atoms with Crippen LogP contribution in [-0.2, 0) is 6.54 Å². The van der Waals surface area contributed by atoms with Gasteiger partial charge in [-0.1, -0.05) is 12.1 Å². The molecular weight excluding hydrogens is 393 g/mol. The minimum absolute atomic E-state index is 0.0551. The van der Waals surface area contributed by atoms with Gasteiger partial charge in [-0.05, 0) is 36.8 Å². The SMILES string of the molecule is CC(=O)c1ccc(C(=O)N2CCN(Cc3ccc(OC(F)(F)F)cc3)CC2)s1. The molecule has 0 N–H and O–H groups in total. The molecular formula is C19H19F3N2O3S. The second-order valence-electron chi connectivity index (χ2n) is 6.48. The van der Waals surface area contributed by atoms with Gasteiger partial charge in [0.1, 0.15) is 5.75 Å². The van der Waals surface area contributed by atoms with Gasteiger partial charge in [0.15, 0.2) is 5.78 Å². The smallest absolute Gasteiger partial charge is 0.406 e. The third kappa shape index (κ3) is 5.32. The lowest BCUT2D eigenvalue weighted by Crippen LogP contribution is -2.48. The summed E-state index contributed by atoms with van der Waals surface area (Å²) in [6, 6.07) is 9.16. The molecule has 0 radical (unpaired) electrons. The summed E-state index contributed by atoms with van der Waals surface area (Å²) in [6.07, 6.45) is -4.70. The molecule has 0 saturated carbocycles. The minimum atomic E-state index is -4.70. The van der Waals surface area contributed by atoms with Gasteiger partial charge in [0.25, 0.3) is 5.91 Å². The van der Waals surface area contributed by atoms with Gasteiger partial charge in [-0.15, -0.1) is 24.5 Å². The number of halogens is 3. The molecule has 0 aliphatic carbocycles. The molecule has 5 nitrogen and oxygen atoms in total. The van der Waals surface area contributed by atoms with E-state index in [4.69, 9.17) is 0 Å². The maximum atomic E-state index is 12.6. The molecule has 2 aromatic rings. The maximum Gasteiger partial charge on any atom is 0.573 e. The number of carbonyl (C=O) groups is 2. The maximum absolute atomic E-state index is 12.6. The predicted octanol–water partition coefficient (Wildman–Crippen LogP) is 3.81. The first-order valence-electron chi connectivity index (χ1n) is 8.68. The van der Waals surface area contributed by atoms with E-state index in [9.17, 15) is 22.8 Å². The number of ketones is 1. The molecule has 1 amide bonds. The van der Waals surface area contributed by atoms with Crippen LogP contribution in [0.3, 0.4) is 0 Å². The third-order valence-electron chi connectivity index (χ3n) is 4.39. The van der Waals surface area contributed by atoms with E-state index in [0.29, 0.717) is 42.5 Å². The van der Waals surface area contributed by atoms with Crippen LogP contribution in [0.4, 0.5) is 13.2 Å². The summed E-state index contributed by atoms with van der Waals surface area (Å²) in [7, 11) is 0. The van der Waals surface area contributed by atoms with Crippen LogP contribution >= 0.6 is 11.3 Å². The van der Waals surface area contributed by atoms with Crippen LogP contribution in [0, 0.1) is 0 Å². The van der Waals surface area contributed by atoms with E-state index >= 15 is 0 Å². The van der Waals surface area contributed by atoms with Gasteiger partial charge in [-0.2, -0.15) is 0 Å². The fourth-order valence-electron chi connectivity index (χ4n) is 2.96. The molecule has 9 heteroatoms. The van der Waals surface area contributed by atoms with E-state index in [0.717, 1.165) is 5.56 Å². The molecule has 0 atom stereocenters. The molecule has 0 unspecified atom stereocenters. The number of thiophene rings is 1. The molecule has 3 rings (SSSR count). The molecule has 0 bridgehead atoms. The van der Waals surface area contributed by atoms with Gasteiger partial charge in [0.05, 0.1) is 9.75 Å². The fraction of sp³-hybridized carbons (Fsp3) is 0.368. The lowest BCUT2D eigenvalue weighted by atomic mass is 10.2. The summed E-state index contributed by atoms with van der Waals surface area (Å²) in [5.74, 6) is -0.376. The van der Waals surface area contributed by atoms with Crippen molar-refractivity contribution >= 4 is 23.0 Å². The summed E-state index contributed by atoms with van der Waals surface area (Å²) >= 11 is 1.21. The Bertz CT molecular complexity index is 841. The number of hydrogen-bond donors (Lipinski definition) is 0. The monoisotopic (exact) mass is 412 g/mol. The zero-order chi connectivity index (χ0) is 20.3. The summed E-state index contributed by atoms with van der Waals surface area (Å²) in [5.41, 5.74) is 0.874. The van der Waals surface area contributed by atoms with Crippen LogP contribution in [0.15, 0.2) is 36.4 Å². The van der Waals surface area contributed by atoms with E-state index in [1.807, 2.05) is 0 Å². The van der Waals surface area contributed by atoms with E-state index < -0.39 is 6.36 Å². The van der Waals surface area contributed by atoms with Crippen molar-refractivity contribution in [1.82, 2.24) is 9.80 Å². The number of carbonyl (C=O) groups excluding carboxylic acids is 2. The van der Waals surface area contributed by atoms with Gasteiger partial charge >= 0.3 is 6.36 Å². The number of alkyl halides is 3. The van der Waals surface area contributed by atoms with E-state index in [1.54, 1.807) is 29.2 Å². The van der Waals surface area contributed by atoms with Crippen LogP contribution in [0.2, 0.25) is 0 Å². The highest BCUT2D eigenvalue weighted by Gasteiger charge is 2.31. The number of nitrogens with zero attached hydrogens (tertiary/aromatic N) is 2. The van der Waals surface area contributed by atoms with Crippen molar-refractivity contribution in [1.29, 1.82) is 0 Å². The number of piperazine rings is 1. The summed E-state index contributed by atoms with van der Waals surface area (Å²) in [6.45, 7) is 4.50. The van der Waals surface area contributed by atoms with E-state index in [-0.39, 0.29) is 17.4 Å². The molecule has 1 aliphatic heterocycles. The normalized spacial score (nSPS) is 15.5. The molecule has 1 aromatic heterocycles. The highest BCUT2D eigenvalue weighted by molar-refractivity contribution is 7.15. The predicted molar refractivity (Wildman–Crippen MR) is 98.6 cm³/mol. The highest BCUT2D eigenvalue weighted by Crippen LogP contribution is 2.23. The number of rotatable bonds is 5. The Balaban J connectivity index is 1.51. The first-order valence-corrected chi connectivity index (χ1v) is 9.50. The topological polar surface area (TPSA) is 49.9 Å². The Kier molecular flexibility index (Phi) is 6.04. The van der Waals surface area contributed by atoms with Crippen molar-refractivity contribution in [3.63, 3.8) is 0 Å². The molecule has 1 aromatic carbocycles. The molecule has 150 valence electrons. The number of hydrogen-bond acceptors (Lipinski definition) is 5. The molecule has 1 saturated heterocycles. The Morgan fingerprint density at radius 2 is 1.61 bits per heavy atom. The lowest BCUT2D eigenvalue weighted by molar-refractivity contribution is -0.274. The van der Waals surface area contributed by atoms with E-state index in [1.165, 1.54) is 30.4 Å². The number of ether oxygens (including phenoxy) is 1. The first-order chi connectivity index (χ1) is 13.2. The van der Waals surface area contributed by atoms with Crippen molar-refractivity contribution in [2.45, 2.75) is 19.8 Å². The summed E-state index contributed by atoms with van der Waals surface area (Å²) in [5, 5.41) is 0. The van der Waals surface area contributed by atoms with Crippen molar-refractivity contribution < 1.29 is 27.5 Å². The standard InChI is InChI=1S/C19H19F3N2O3S/c1-13(25)16-6-7-17(28-16)18(26)24-10-8-23(9-11-24)12-14-2-4-15(5-3-14)27-19(20,21)22/h2-7H,8-12H2,1H3. The quantitative estimate of drug-likeness (QED) is 0.701. The van der Waals surface area contributed by atoms with Crippen LogP contribution < -0.4 is 4.74 Å². The van der Waals surface area contributed by atoms with E-state index in [2.05, 4.69) is 9.64 Å². The van der Waals surface area contributed by atoms with Crippen LogP contribution in [-0.4, -0.2) is 54.0 Å². The van der Waals surface area contributed by atoms with Crippen molar-refractivity contribution in [2.24, 2.45) is 0 Å². The summed E-state index contributed by atoms with van der Waals surface area (Å²) in [4.78, 5) is 28.9. The first kappa shape index (κ1) is 20.3. The zero-order valence-corrected chi connectivity index (χ0v) is 16.0. The molecule has 2 heterocycles. The van der Waals surface area contributed by atoms with Crippen molar-refractivity contribution in [3.8, 4) is 5.75 Å². The third-order valence-corrected chi connectivity index (χ3v) is 5.56. The molecule has 1 fully saturated rings. The highest BCUT2D eigenvalue weighted by atomic mass is 32.1. The average Bonchev–Trinajstić information content (AvgIpc) is 3.13. The van der Waals surface area contributed by atoms with Gasteiger partial charge < -0.3 is 9.64 Å². The number of Topliss-reactive ketones (excluding diaryl/α,β-unsaturated/α-hetero) is 1. The Hall–Kier alpha value is -2.39. The minimum Gasteiger partial charge on any atom is -0.406 e. The fourth-order valence-corrected chi connectivity index (χ4v) is 3.83. The number of benzene rings is 1. The Labute approximate surface area is 164 Å².